The van der Waals surface area contributed by atoms with Crippen LogP contribution in [0.4, 0.5) is 11.5 Å². The molecule has 0 aliphatic rings. The van der Waals surface area contributed by atoms with Gasteiger partial charge in [0.05, 0.1) is 0 Å². The molecule has 1 heterocycles. The highest BCUT2D eigenvalue weighted by atomic mass is 35.5. The van der Waals surface area contributed by atoms with Crippen molar-refractivity contribution in [2.24, 2.45) is 0 Å². The summed E-state index contributed by atoms with van der Waals surface area (Å²) in [6.07, 6.45) is 1.83. The molecule has 5 nitrogen and oxygen atoms in total. The number of rotatable bonds is 3. The van der Waals surface area contributed by atoms with E-state index in [0.29, 0.717) is 21.3 Å². The number of amides is 1. The lowest BCUT2D eigenvalue weighted by Gasteiger charge is -2.05. The Kier molecular flexibility index (Phi) is 3.78. The Bertz CT molecular complexity index is 567. The molecule has 0 saturated heterocycles. The van der Waals surface area contributed by atoms with Crippen LogP contribution in [0.3, 0.4) is 0 Å². The molecular formula is C11H11ClN4OS. The smallest absolute Gasteiger partial charge is 0.262 e. The van der Waals surface area contributed by atoms with Gasteiger partial charge in [0.25, 0.3) is 5.91 Å². The zero-order valence-electron chi connectivity index (χ0n) is 9.53. The number of nitrogens with one attached hydrogen (secondary N) is 2. The maximum Gasteiger partial charge on any atom is 0.262 e. The molecule has 94 valence electrons. The number of aromatic nitrogens is 2. The lowest BCUT2D eigenvalue weighted by Crippen LogP contribution is -2.13. The summed E-state index contributed by atoms with van der Waals surface area (Å²) in [7, 11) is 0. The second-order valence-electron chi connectivity index (χ2n) is 3.48. The topological polar surface area (TPSA) is 83.8 Å². The van der Waals surface area contributed by atoms with Crippen LogP contribution in [0.1, 0.15) is 10.4 Å². The summed E-state index contributed by atoms with van der Waals surface area (Å²) < 4.78 is 0. The Hall–Kier alpha value is -1.66. The Morgan fingerprint density at radius 3 is 2.72 bits per heavy atom. The summed E-state index contributed by atoms with van der Waals surface area (Å²) in [5.74, 6) is -0.0428. The van der Waals surface area contributed by atoms with Crippen molar-refractivity contribution in [2.75, 3.05) is 17.3 Å². The van der Waals surface area contributed by atoms with E-state index in [1.54, 1.807) is 24.3 Å². The first kappa shape index (κ1) is 12.8. The summed E-state index contributed by atoms with van der Waals surface area (Å²) in [6.45, 7) is 0. The van der Waals surface area contributed by atoms with Gasteiger partial charge in [-0.2, -0.15) is 5.10 Å². The zero-order chi connectivity index (χ0) is 13.1. The van der Waals surface area contributed by atoms with Gasteiger partial charge in [-0.25, -0.2) is 0 Å². The van der Waals surface area contributed by atoms with Crippen LogP contribution in [-0.2, 0) is 0 Å². The third kappa shape index (κ3) is 2.60. The number of nitrogens with zero attached hydrogens (tertiary/aromatic N) is 1. The third-order valence-corrected chi connectivity index (χ3v) is 3.22. The molecule has 1 aromatic carbocycles. The minimum Gasteiger partial charge on any atom is -0.383 e. The lowest BCUT2D eigenvalue weighted by molar-refractivity contribution is 0.102. The number of hydrogen-bond acceptors (Lipinski definition) is 4. The van der Waals surface area contributed by atoms with Crippen molar-refractivity contribution in [3.8, 4) is 0 Å². The van der Waals surface area contributed by atoms with Crippen molar-refractivity contribution in [2.45, 2.75) is 5.03 Å². The molecule has 0 spiro atoms. The van der Waals surface area contributed by atoms with Crippen LogP contribution in [0.15, 0.2) is 29.3 Å². The molecule has 7 heteroatoms. The van der Waals surface area contributed by atoms with Gasteiger partial charge in [0, 0.05) is 10.7 Å². The highest BCUT2D eigenvalue weighted by Gasteiger charge is 2.18. The Morgan fingerprint density at radius 1 is 1.44 bits per heavy atom. The molecule has 2 rings (SSSR count). The highest BCUT2D eigenvalue weighted by Crippen LogP contribution is 2.23. The van der Waals surface area contributed by atoms with E-state index in [0.717, 1.165) is 0 Å². The van der Waals surface area contributed by atoms with E-state index in [1.165, 1.54) is 11.8 Å². The number of carbonyl (C=O) groups is 1. The minimum atomic E-state index is -0.298. The summed E-state index contributed by atoms with van der Waals surface area (Å²) in [6, 6.07) is 6.83. The molecule has 0 aliphatic carbocycles. The van der Waals surface area contributed by atoms with Crippen LogP contribution in [0.25, 0.3) is 0 Å². The Labute approximate surface area is 113 Å². The van der Waals surface area contributed by atoms with Gasteiger partial charge in [-0.15, -0.1) is 11.8 Å². The van der Waals surface area contributed by atoms with Crippen LogP contribution in [0.2, 0.25) is 5.02 Å². The standard InChI is InChI=1S/C11H11ClN4OS/c1-18-11-8(9(13)15-16-11)10(17)14-7-4-2-6(12)3-5-7/h2-5H,1H3,(H,14,17)(H3,13,15,16). The molecule has 0 saturated carbocycles. The molecule has 1 amide bonds. The van der Waals surface area contributed by atoms with Crippen LogP contribution < -0.4 is 11.1 Å². The summed E-state index contributed by atoms with van der Waals surface area (Å²) in [4.78, 5) is 12.1. The predicted molar refractivity (Wildman–Crippen MR) is 74.2 cm³/mol. The molecule has 0 fully saturated rings. The van der Waals surface area contributed by atoms with Gasteiger partial charge in [-0.05, 0) is 30.5 Å². The highest BCUT2D eigenvalue weighted by molar-refractivity contribution is 7.98. The minimum absolute atomic E-state index is 0.255. The average molecular weight is 283 g/mol. The van der Waals surface area contributed by atoms with E-state index in [2.05, 4.69) is 15.5 Å². The molecule has 4 N–H and O–H groups in total. The van der Waals surface area contributed by atoms with Crippen molar-refractivity contribution in [3.05, 3.63) is 34.9 Å². The van der Waals surface area contributed by atoms with Crippen LogP contribution in [0, 0.1) is 0 Å². The fraction of sp³-hybridized carbons (Fsp3) is 0.0909. The summed E-state index contributed by atoms with van der Waals surface area (Å²) in [5, 5.41) is 10.4. The van der Waals surface area contributed by atoms with Crippen LogP contribution in [0.5, 0.6) is 0 Å². The van der Waals surface area contributed by atoms with Gasteiger partial charge < -0.3 is 11.1 Å². The van der Waals surface area contributed by atoms with Crippen molar-refractivity contribution < 1.29 is 4.79 Å². The molecule has 0 atom stereocenters. The molecule has 2 aromatic rings. The molecule has 0 radical (unpaired) electrons. The molecule has 0 unspecified atom stereocenters. The van der Waals surface area contributed by atoms with Crippen LogP contribution >= 0.6 is 23.4 Å². The maximum absolute atomic E-state index is 12.1. The number of hydrogen-bond donors (Lipinski definition) is 3. The number of halogens is 1. The molecule has 0 bridgehead atoms. The fourth-order valence-electron chi connectivity index (χ4n) is 1.43. The average Bonchev–Trinajstić information content (AvgIpc) is 2.73. The van der Waals surface area contributed by atoms with E-state index in [1.807, 2.05) is 6.26 Å². The first-order chi connectivity index (χ1) is 8.61. The zero-order valence-corrected chi connectivity index (χ0v) is 11.1. The number of carbonyl (C=O) groups excluding carboxylic acids is 1. The van der Waals surface area contributed by atoms with E-state index in [-0.39, 0.29) is 11.7 Å². The van der Waals surface area contributed by atoms with E-state index < -0.39 is 0 Å². The quantitative estimate of drug-likeness (QED) is 0.756. The van der Waals surface area contributed by atoms with Crippen molar-refractivity contribution in [1.29, 1.82) is 0 Å². The number of H-pyrrole nitrogens is 1. The van der Waals surface area contributed by atoms with Gasteiger partial charge in [0.2, 0.25) is 0 Å². The Morgan fingerprint density at radius 2 is 2.11 bits per heavy atom. The van der Waals surface area contributed by atoms with Gasteiger partial charge in [-0.3, -0.25) is 9.89 Å². The van der Waals surface area contributed by atoms with Gasteiger partial charge in [-0.1, -0.05) is 11.6 Å². The number of aromatic amines is 1. The summed E-state index contributed by atoms with van der Waals surface area (Å²) in [5.41, 5.74) is 6.69. The first-order valence-electron chi connectivity index (χ1n) is 5.06. The van der Waals surface area contributed by atoms with Gasteiger partial charge in [0.1, 0.15) is 16.4 Å². The van der Waals surface area contributed by atoms with E-state index in [4.69, 9.17) is 17.3 Å². The van der Waals surface area contributed by atoms with Gasteiger partial charge >= 0.3 is 0 Å². The SMILES string of the molecule is CSc1n[nH]c(N)c1C(=O)Nc1ccc(Cl)cc1. The van der Waals surface area contributed by atoms with E-state index in [9.17, 15) is 4.79 Å². The Balaban J connectivity index is 2.21. The molecular weight excluding hydrogens is 272 g/mol. The molecule has 1 aromatic heterocycles. The van der Waals surface area contributed by atoms with Crippen molar-refractivity contribution in [3.63, 3.8) is 0 Å². The molecule has 0 aliphatic heterocycles. The van der Waals surface area contributed by atoms with Gasteiger partial charge in [0.15, 0.2) is 0 Å². The number of nitrogen functional groups attached to an aromatic ring is 1. The monoisotopic (exact) mass is 282 g/mol. The molecule has 18 heavy (non-hydrogen) atoms. The second kappa shape index (κ2) is 5.32. The van der Waals surface area contributed by atoms with E-state index >= 15 is 0 Å². The van der Waals surface area contributed by atoms with Crippen molar-refractivity contribution >= 4 is 40.8 Å². The number of anilines is 2. The maximum atomic E-state index is 12.1. The largest absolute Gasteiger partial charge is 0.383 e. The summed E-state index contributed by atoms with van der Waals surface area (Å²) >= 11 is 7.12. The second-order valence-corrected chi connectivity index (χ2v) is 4.71. The van der Waals surface area contributed by atoms with Crippen molar-refractivity contribution in [1.82, 2.24) is 10.2 Å². The number of nitrogens with two attached hydrogens (primary N) is 1. The first-order valence-corrected chi connectivity index (χ1v) is 6.67. The number of benzene rings is 1. The fourth-order valence-corrected chi connectivity index (χ4v) is 2.10. The lowest BCUT2D eigenvalue weighted by atomic mass is 10.2. The predicted octanol–water partition coefficient (Wildman–Crippen LogP) is 2.62. The number of thioether (sulfide) groups is 1. The normalized spacial score (nSPS) is 10.3. The van der Waals surface area contributed by atoms with Crippen LogP contribution in [-0.4, -0.2) is 22.4 Å². The third-order valence-electron chi connectivity index (χ3n) is 2.28.